The molecule has 0 aliphatic carbocycles. The molecule has 5 heteroatoms. The molecule has 0 N–H and O–H groups in total. The number of nitriles is 1. The molecule has 0 saturated carbocycles. The van der Waals surface area contributed by atoms with Gasteiger partial charge in [0.2, 0.25) is 0 Å². The van der Waals surface area contributed by atoms with Crippen molar-refractivity contribution in [1.82, 2.24) is 0 Å². The monoisotopic (exact) mass is 201 g/mol. The van der Waals surface area contributed by atoms with E-state index in [0.29, 0.717) is 12.1 Å². The third kappa shape index (κ3) is 1.82. The smallest absolute Gasteiger partial charge is 0.255 e. The van der Waals surface area contributed by atoms with Gasteiger partial charge in [-0.05, 0) is 23.7 Å². The Morgan fingerprint density at radius 3 is 2.46 bits per heavy atom. The largest absolute Gasteiger partial charge is 0.275 e. The fourth-order valence-corrected chi connectivity index (χ4v) is 0.928. The Morgan fingerprint density at radius 1 is 1.38 bits per heavy atom. The minimum absolute atomic E-state index is 0.459. The summed E-state index contributed by atoms with van der Waals surface area (Å²) in [5.74, 6) is -1.97. The van der Waals surface area contributed by atoms with Crippen LogP contribution in [0.2, 0.25) is 0 Å². The molecule has 66 valence electrons. The van der Waals surface area contributed by atoms with E-state index in [9.17, 15) is 13.6 Å². The molecule has 2 nitrogen and oxygen atoms in total. The lowest BCUT2D eigenvalue weighted by Gasteiger charge is -1.98. The highest BCUT2D eigenvalue weighted by Crippen LogP contribution is 2.15. The average Bonchev–Trinajstić information content (AvgIpc) is 2.07. The van der Waals surface area contributed by atoms with Crippen LogP contribution in [0.5, 0.6) is 0 Å². The zero-order valence-electron chi connectivity index (χ0n) is 6.14. The zero-order valence-corrected chi connectivity index (χ0v) is 6.90. The van der Waals surface area contributed by atoms with E-state index in [4.69, 9.17) is 16.9 Å². The lowest BCUT2D eigenvalue weighted by Crippen LogP contribution is -1.97. The summed E-state index contributed by atoms with van der Waals surface area (Å²) in [6.07, 6.45) is 0. The molecule has 1 aromatic carbocycles. The zero-order chi connectivity index (χ0) is 10.0. The van der Waals surface area contributed by atoms with Crippen LogP contribution in [0.4, 0.5) is 8.78 Å². The third-order valence-corrected chi connectivity index (χ3v) is 1.59. The van der Waals surface area contributed by atoms with Crippen LogP contribution in [-0.2, 0) is 0 Å². The summed E-state index contributed by atoms with van der Waals surface area (Å²) in [6.45, 7) is 0. The van der Waals surface area contributed by atoms with Gasteiger partial charge in [-0.3, -0.25) is 4.79 Å². The lowest BCUT2D eigenvalue weighted by atomic mass is 10.1. The molecule has 0 amide bonds. The highest BCUT2D eigenvalue weighted by atomic mass is 35.5. The van der Waals surface area contributed by atoms with Crippen molar-refractivity contribution in [3.63, 3.8) is 0 Å². The molecule has 0 saturated heterocycles. The third-order valence-electron chi connectivity index (χ3n) is 1.39. The number of carbonyl (C=O) groups excluding carboxylic acids is 1. The lowest BCUT2D eigenvalue weighted by molar-refractivity contribution is 0.107. The van der Waals surface area contributed by atoms with Gasteiger partial charge in [-0.15, -0.1) is 0 Å². The number of halogens is 3. The molecular weight excluding hydrogens is 200 g/mol. The molecule has 0 aromatic heterocycles. The van der Waals surface area contributed by atoms with Crippen LogP contribution in [0.3, 0.4) is 0 Å². The second kappa shape index (κ2) is 3.50. The maximum Gasteiger partial charge on any atom is 0.255 e. The topological polar surface area (TPSA) is 40.9 Å². The Hall–Kier alpha value is -1.47. The molecule has 13 heavy (non-hydrogen) atoms. The fourth-order valence-electron chi connectivity index (χ4n) is 0.783. The van der Waals surface area contributed by atoms with Crippen LogP contribution in [0.15, 0.2) is 12.1 Å². The van der Waals surface area contributed by atoms with Crippen LogP contribution in [0, 0.1) is 23.0 Å². The van der Waals surface area contributed by atoms with Gasteiger partial charge in [0.05, 0.1) is 11.1 Å². The molecule has 0 radical (unpaired) electrons. The Balaban J connectivity index is 3.39. The van der Waals surface area contributed by atoms with Gasteiger partial charge in [0.15, 0.2) is 0 Å². The van der Waals surface area contributed by atoms with Crippen molar-refractivity contribution in [2.45, 2.75) is 0 Å². The average molecular weight is 202 g/mol. The van der Waals surface area contributed by atoms with Crippen molar-refractivity contribution >= 4 is 16.8 Å². The number of rotatable bonds is 1. The number of nitrogens with zero attached hydrogens (tertiary/aromatic N) is 1. The molecule has 0 aliphatic heterocycles. The summed E-state index contributed by atoms with van der Waals surface area (Å²) in [7, 11) is 0. The van der Waals surface area contributed by atoms with E-state index >= 15 is 0 Å². The van der Waals surface area contributed by atoms with Gasteiger partial charge in [0.1, 0.15) is 17.7 Å². The predicted molar refractivity (Wildman–Crippen MR) is 41.3 cm³/mol. The summed E-state index contributed by atoms with van der Waals surface area (Å²) in [5, 5.41) is 7.20. The molecular formula is C8H2ClF2NO. The van der Waals surface area contributed by atoms with Gasteiger partial charge < -0.3 is 0 Å². The van der Waals surface area contributed by atoms with E-state index in [-0.39, 0.29) is 0 Å². The molecule has 1 aromatic rings. The molecule has 0 spiro atoms. The van der Waals surface area contributed by atoms with Crippen LogP contribution < -0.4 is 0 Å². The molecule has 1 rings (SSSR count). The van der Waals surface area contributed by atoms with E-state index in [1.54, 1.807) is 0 Å². The Labute approximate surface area is 77.3 Å². The van der Waals surface area contributed by atoms with Crippen molar-refractivity contribution in [3.05, 3.63) is 34.9 Å². The highest BCUT2D eigenvalue weighted by molar-refractivity contribution is 6.67. The highest BCUT2D eigenvalue weighted by Gasteiger charge is 2.13. The van der Waals surface area contributed by atoms with Crippen LogP contribution in [0.25, 0.3) is 0 Å². The van der Waals surface area contributed by atoms with Crippen molar-refractivity contribution in [3.8, 4) is 6.07 Å². The van der Waals surface area contributed by atoms with Crippen LogP contribution in [0.1, 0.15) is 15.9 Å². The van der Waals surface area contributed by atoms with E-state index in [2.05, 4.69) is 0 Å². The molecule has 0 heterocycles. The number of hydrogen-bond acceptors (Lipinski definition) is 2. The van der Waals surface area contributed by atoms with Crippen LogP contribution in [-0.4, -0.2) is 5.24 Å². The number of hydrogen-bond donors (Lipinski definition) is 0. The molecule has 0 aliphatic rings. The minimum Gasteiger partial charge on any atom is -0.275 e. The first-order chi connectivity index (χ1) is 6.06. The van der Waals surface area contributed by atoms with Gasteiger partial charge in [-0.2, -0.15) is 5.26 Å². The SMILES string of the molecule is N#Cc1cc(F)c(C(=O)Cl)cc1F. The van der Waals surface area contributed by atoms with Crippen molar-refractivity contribution in [2.24, 2.45) is 0 Å². The van der Waals surface area contributed by atoms with Gasteiger partial charge in [-0.1, -0.05) is 0 Å². The second-order valence-corrected chi connectivity index (χ2v) is 2.54. The van der Waals surface area contributed by atoms with Gasteiger partial charge in [0.25, 0.3) is 5.24 Å². The standard InChI is InChI=1S/C8H2ClF2NO/c9-8(13)5-2-6(10)4(3-12)1-7(5)11/h1-2H. The Bertz CT molecular complexity index is 411. The molecule has 0 atom stereocenters. The van der Waals surface area contributed by atoms with E-state index < -0.39 is 28.0 Å². The minimum atomic E-state index is -1.10. The van der Waals surface area contributed by atoms with Gasteiger partial charge in [-0.25, -0.2) is 8.78 Å². The summed E-state index contributed by atoms with van der Waals surface area (Å²) in [4.78, 5) is 10.5. The summed E-state index contributed by atoms with van der Waals surface area (Å²) in [6, 6.07) is 2.66. The molecule has 0 fully saturated rings. The molecule has 0 bridgehead atoms. The van der Waals surface area contributed by atoms with E-state index in [1.807, 2.05) is 0 Å². The van der Waals surface area contributed by atoms with E-state index in [0.717, 1.165) is 0 Å². The van der Waals surface area contributed by atoms with Crippen molar-refractivity contribution in [2.75, 3.05) is 0 Å². The summed E-state index contributed by atoms with van der Waals surface area (Å²) < 4.78 is 25.6. The fraction of sp³-hybridized carbons (Fsp3) is 0. The first-order valence-corrected chi connectivity index (χ1v) is 3.53. The summed E-state index contributed by atoms with van der Waals surface area (Å²) in [5.41, 5.74) is -1.03. The van der Waals surface area contributed by atoms with Crippen LogP contribution >= 0.6 is 11.6 Å². The summed E-state index contributed by atoms with van der Waals surface area (Å²) >= 11 is 4.95. The van der Waals surface area contributed by atoms with Gasteiger partial charge >= 0.3 is 0 Å². The van der Waals surface area contributed by atoms with Gasteiger partial charge in [0, 0.05) is 0 Å². The quantitative estimate of drug-likeness (QED) is 0.654. The first-order valence-electron chi connectivity index (χ1n) is 3.15. The van der Waals surface area contributed by atoms with Crippen molar-refractivity contribution in [1.29, 1.82) is 5.26 Å². The van der Waals surface area contributed by atoms with E-state index in [1.165, 1.54) is 6.07 Å². The Kier molecular flexibility index (Phi) is 2.59. The normalized spacial score (nSPS) is 9.38. The second-order valence-electron chi connectivity index (χ2n) is 2.20. The maximum atomic E-state index is 12.8. The molecule has 0 unspecified atom stereocenters. The maximum absolute atomic E-state index is 12.8. The first kappa shape index (κ1) is 9.62. The number of carbonyl (C=O) groups is 1. The van der Waals surface area contributed by atoms with Crippen molar-refractivity contribution < 1.29 is 13.6 Å². The Morgan fingerprint density at radius 2 is 2.00 bits per heavy atom. The predicted octanol–water partition coefficient (Wildman–Crippen LogP) is 2.22. The number of benzene rings is 1.